The van der Waals surface area contributed by atoms with Crippen LogP contribution in [-0.4, -0.2) is 18.4 Å². The summed E-state index contributed by atoms with van der Waals surface area (Å²) in [6, 6.07) is 14.9. The Hall–Kier alpha value is -2.62. The zero-order valence-corrected chi connectivity index (χ0v) is 15.3. The highest BCUT2D eigenvalue weighted by molar-refractivity contribution is 5.96. The molecular weight excluding hydrogens is 312 g/mol. The van der Waals surface area contributed by atoms with Crippen molar-refractivity contribution in [2.75, 3.05) is 11.9 Å². The predicted molar refractivity (Wildman–Crippen MR) is 102 cm³/mol. The van der Waals surface area contributed by atoms with Crippen LogP contribution in [0, 0.1) is 6.92 Å². The maximum absolute atomic E-state index is 12.1. The summed E-state index contributed by atoms with van der Waals surface area (Å²) in [5.41, 5.74) is 3.81. The number of ketones is 1. The van der Waals surface area contributed by atoms with Crippen LogP contribution in [0.3, 0.4) is 0 Å². The first-order chi connectivity index (χ1) is 11.8. The van der Waals surface area contributed by atoms with Gasteiger partial charge >= 0.3 is 6.03 Å². The highest BCUT2D eigenvalue weighted by Gasteiger charge is 2.13. The number of benzene rings is 2. The molecule has 0 bridgehead atoms. The summed E-state index contributed by atoms with van der Waals surface area (Å²) in [6.07, 6.45) is 0.277. The smallest absolute Gasteiger partial charge is 0.319 e. The van der Waals surface area contributed by atoms with E-state index in [4.69, 9.17) is 0 Å². The van der Waals surface area contributed by atoms with Crippen molar-refractivity contribution < 1.29 is 9.59 Å². The van der Waals surface area contributed by atoms with Crippen molar-refractivity contribution in [2.24, 2.45) is 0 Å². The summed E-state index contributed by atoms with van der Waals surface area (Å²) in [7, 11) is 0. The molecule has 0 aliphatic heterocycles. The standard InChI is InChI=1S/C21H26N2O2/c1-15-5-7-16(8-6-15)19(24)13-14-22-20(25)23-18-11-9-17(10-12-18)21(2,3)4/h5-12H,13-14H2,1-4H3,(H2,22,23,25). The third-order valence-electron chi connectivity index (χ3n) is 4.02. The molecule has 0 atom stereocenters. The second-order valence-corrected chi connectivity index (χ2v) is 7.25. The number of hydrogen-bond acceptors (Lipinski definition) is 2. The molecule has 0 aliphatic carbocycles. The first-order valence-electron chi connectivity index (χ1n) is 8.51. The topological polar surface area (TPSA) is 58.2 Å². The minimum Gasteiger partial charge on any atom is -0.337 e. The van der Waals surface area contributed by atoms with Gasteiger partial charge in [0.2, 0.25) is 0 Å². The number of carbonyl (C=O) groups is 2. The molecule has 4 nitrogen and oxygen atoms in total. The summed E-state index contributed by atoms with van der Waals surface area (Å²) in [4.78, 5) is 24.0. The predicted octanol–water partition coefficient (Wildman–Crippen LogP) is 4.69. The Bertz CT molecular complexity index is 726. The van der Waals surface area contributed by atoms with Gasteiger partial charge in [0.05, 0.1) is 0 Å². The molecule has 0 aliphatic rings. The van der Waals surface area contributed by atoms with Crippen molar-refractivity contribution in [1.29, 1.82) is 0 Å². The van der Waals surface area contributed by atoms with Gasteiger partial charge in [-0.3, -0.25) is 4.79 Å². The highest BCUT2D eigenvalue weighted by atomic mass is 16.2. The molecular formula is C21H26N2O2. The van der Waals surface area contributed by atoms with E-state index in [1.807, 2.05) is 55.5 Å². The lowest BCUT2D eigenvalue weighted by molar-refractivity contribution is 0.0983. The molecule has 2 N–H and O–H groups in total. The van der Waals surface area contributed by atoms with Gasteiger partial charge in [0.25, 0.3) is 0 Å². The van der Waals surface area contributed by atoms with Gasteiger partial charge in [0.15, 0.2) is 5.78 Å². The monoisotopic (exact) mass is 338 g/mol. The Morgan fingerprint density at radius 3 is 2.08 bits per heavy atom. The van der Waals surface area contributed by atoms with Crippen LogP contribution in [0.15, 0.2) is 48.5 Å². The van der Waals surface area contributed by atoms with E-state index in [-0.39, 0.29) is 23.7 Å². The molecule has 2 aromatic carbocycles. The van der Waals surface area contributed by atoms with Crippen molar-refractivity contribution in [1.82, 2.24) is 5.32 Å². The van der Waals surface area contributed by atoms with Crippen LogP contribution in [0.2, 0.25) is 0 Å². The fourth-order valence-corrected chi connectivity index (χ4v) is 2.40. The van der Waals surface area contributed by atoms with Crippen LogP contribution in [0.4, 0.5) is 10.5 Å². The van der Waals surface area contributed by atoms with Crippen molar-refractivity contribution in [3.63, 3.8) is 0 Å². The number of aryl methyl sites for hydroxylation is 1. The maximum atomic E-state index is 12.1. The lowest BCUT2D eigenvalue weighted by Crippen LogP contribution is -2.30. The van der Waals surface area contributed by atoms with Gasteiger partial charge in [0, 0.05) is 24.2 Å². The van der Waals surface area contributed by atoms with E-state index in [0.29, 0.717) is 12.1 Å². The maximum Gasteiger partial charge on any atom is 0.319 e. The number of Topliss-reactive ketones (excluding diaryl/α,β-unsaturated/α-hetero) is 1. The second kappa shape index (κ2) is 7.97. The third kappa shape index (κ3) is 5.75. The van der Waals surface area contributed by atoms with Crippen LogP contribution in [0.25, 0.3) is 0 Å². The van der Waals surface area contributed by atoms with Gasteiger partial charge in [0.1, 0.15) is 0 Å². The first kappa shape index (κ1) is 18.7. The number of anilines is 1. The summed E-state index contributed by atoms with van der Waals surface area (Å²) in [5, 5.41) is 5.50. The van der Waals surface area contributed by atoms with Gasteiger partial charge in [-0.1, -0.05) is 62.7 Å². The minimum absolute atomic E-state index is 0.0230. The molecule has 132 valence electrons. The molecule has 0 fully saturated rings. The summed E-state index contributed by atoms with van der Waals surface area (Å²) in [6.45, 7) is 8.72. The summed E-state index contributed by atoms with van der Waals surface area (Å²) < 4.78 is 0. The van der Waals surface area contributed by atoms with Crippen LogP contribution in [0.5, 0.6) is 0 Å². The molecule has 0 aromatic heterocycles. The fourth-order valence-electron chi connectivity index (χ4n) is 2.40. The SMILES string of the molecule is Cc1ccc(C(=O)CCNC(=O)Nc2ccc(C(C)(C)C)cc2)cc1. The van der Waals surface area contributed by atoms with E-state index in [9.17, 15) is 9.59 Å². The van der Waals surface area contributed by atoms with Crippen LogP contribution >= 0.6 is 0 Å². The zero-order chi connectivity index (χ0) is 18.4. The van der Waals surface area contributed by atoms with Gasteiger partial charge in [-0.2, -0.15) is 0 Å². The lowest BCUT2D eigenvalue weighted by atomic mass is 9.87. The zero-order valence-electron chi connectivity index (χ0n) is 15.3. The first-order valence-corrected chi connectivity index (χ1v) is 8.51. The van der Waals surface area contributed by atoms with E-state index >= 15 is 0 Å². The Labute approximate surface area is 149 Å². The molecule has 0 spiro atoms. The Morgan fingerprint density at radius 1 is 0.920 bits per heavy atom. The van der Waals surface area contributed by atoms with Crippen LogP contribution < -0.4 is 10.6 Å². The Balaban J connectivity index is 1.79. The average molecular weight is 338 g/mol. The highest BCUT2D eigenvalue weighted by Crippen LogP contribution is 2.23. The van der Waals surface area contributed by atoms with Crippen LogP contribution in [-0.2, 0) is 5.41 Å². The van der Waals surface area contributed by atoms with E-state index in [1.54, 1.807) is 0 Å². The van der Waals surface area contributed by atoms with Crippen molar-refractivity contribution >= 4 is 17.5 Å². The largest absolute Gasteiger partial charge is 0.337 e. The van der Waals surface area contributed by atoms with E-state index in [2.05, 4.69) is 31.4 Å². The quantitative estimate of drug-likeness (QED) is 0.777. The van der Waals surface area contributed by atoms with E-state index in [0.717, 1.165) is 11.3 Å². The van der Waals surface area contributed by atoms with E-state index < -0.39 is 0 Å². The average Bonchev–Trinajstić information content (AvgIpc) is 2.55. The van der Waals surface area contributed by atoms with Gasteiger partial charge in [-0.25, -0.2) is 4.79 Å². The molecule has 2 rings (SSSR count). The number of rotatable bonds is 5. The molecule has 0 radical (unpaired) electrons. The second-order valence-electron chi connectivity index (χ2n) is 7.25. The Morgan fingerprint density at radius 2 is 1.52 bits per heavy atom. The molecule has 0 unspecified atom stereocenters. The normalized spacial score (nSPS) is 11.0. The van der Waals surface area contributed by atoms with Gasteiger partial charge < -0.3 is 10.6 Å². The lowest BCUT2D eigenvalue weighted by Gasteiger charge is -2.19. The Kier molecular flexibility index (Phi) is 5.97. The van der Waals surface area contributed by atoms with Crippen molar-refractivity contribution in [3.8, 4) is 0 Å². The van der Waals surface area contributed by atoms with Gasteiger partial charge in [-0.15, -0.1) is 0 Å². The number of urea groups is 1. The minimum atomic E-state index is -0.305. The van der Waals surface area contributed by atoms with Crippen molar-refractivity contribution in [2.45, 2.75) is 39.5 Å². The number of hydrogen-bond donors (Lipinski definition) is 2. The molecule has 2 amide bonds. The molecule has 0 saturated carbocycles. The number of nitrogens with one attached hydrogen (secondary N) is 2. The molecule has 2 aromatic rings. The summed E-state index contributed by atoms with van der Waals surface area (Å²) in [5.74, 6) is 0.0230. The molecule has 0 heterocycles. The number of amides is 2. The summed E-state index contributed by atoms with van der Waals surface area (Å²) >= 11 is 0. The third-order valence-corrected chi connectivity index (χ3v) is 4.02. The van der Waals surface area contributed by atoms with Crippen LogP contribution in [0.1, 0.15) is 48.7 Å². The fraction of sp³-hybridized carbons (Fsp3) is 0.333. The van der Waals surface area contributed by atoms with Gasteiger partial charge in [-0.05, 0) is 30.0 Å². The number of carbonyl (C=O) groups excluding carboxylic acids is 2. The van der Waals surface area contributed by atoms with Crippen molar-refractivity contribution in [3.05, 3.63) is 65.2 Å². The molecule has 4 heteroatoms. The van der Waals surface area contributed by atoms with E-state index in [1.165, 1.54) is 5.56 Å². The molecule has 0 saturated heterocycles. The molecule has 25 heavy (non-hydrogen) atoms.